The zero-order valence-electron chi connectivity index (χ0n) is 9.80. The summed E-state index contributed by atoms with van der Waals surface area (Å²) in [6, 6.07) is 1.78. The highest BCUT2D eigenvalue weighted by Crippen LogP contribution is 2.27. The Morgan fingerprint density at radius 3 is 3.06 bits per heavy atom. The van der Waals surface area contributed by atoms with E-state index in [4.69, 9.17) is 9.15 Å². The lowest BCUT2D eigenvalue weighted by Crippen LogP contribution is -2.11. The fourth-order valence-electron chi connectivity index (χ4n) is 1.39. The number of hydrogen-bond acceptors (Lipinski definition) is 6. The van der Waals surface area contributed by atoms with Crippen molar-refractivity contribution in [2.24, 2.45) is 0 Å². The number of pyridine rings is 1. The van der Waals surface area contributed by atoms with Gasteiger partial charge in [-0.25, -0.2) is 0 Å². The number of aromatic nitrogens is 3. The van der Waals surface area contributed by atoms with Crippen molar-refractivity contribution in [3.63, 3.8) is 0 Å². The van der Waals surface area contributed by atoms with Crippen LogP contribution in [0.1, 0.15) is 12.8 Å². The third-order valence-corrected chi connectivity index (χ3v) is 2.23. The van der Waals surface area contributed by atoms with Gasteiger partial charge >= 0.3 is 0 Å². The first kappa shape index (κ1) is 11.5. The van der Waals surface area contributed by atoms with Gasteiger partial charge in [-0.3, -0.25) is 4.98 Å². The normalized spacial score (nSPS) is 10.5. The van der Waals surface area contributed by atoms with E-state index in [9.17, 15) is 0 Å². The van der Waals surface area contributed by atoms with E-state index >= 15 is 0 Å². The predicted molar refractivity (Wildman–Crippen MR) is 61.5 cm³/mol. The predicted octanol–water partition coefficient (Wildman–Crippen LogP) is 1.25. The quantitative estimate of drug-likeness (QED) is 0.839. The second-order valence-corrected chi connectivity index (χ2v) is 3.36. The van der Waals surface area contributed by atoms with Crippen LogP contribution in [0.5, 0.6) is 5.75 Å². The monoisotopic (exact) mass is 234 g/mol. The molecule has 6 nitrogen and oxygen atoms in total. The van der Waals surface area contributed by atoms with E-state index in [1.54, 1.807) is 25.6 Å². The first-order chi connectivity index (χ1) is 8.35. The lowest BCUT2D eigenvalue weighted by atomic mass is 10.2. The van der Waals surface area contributed by atoms with Crippen LogP contribution in [-0.4, -0.2) is 28.8 Å². The van der Waals surface area contributed by atoms with Gasteiger partial charge in [0.25, 0.3) is 5.89 Å². The summed E-state index contributed by atoms with van der Waals surface area (Å²) in [5, 5.41) is 11.1. The van der Waals surface area contributed by atoms with Crippen LogP contribution >= 0.6 is 0 Å². The van der Waals surface area contributed by atoms with Gasteiger partial charge in [-0.1, -0.05) is 6.92 Å². The molecule has 0 aliphatic rings. The van der Waals surface area contributed by atoms with Crippen molar-refractivity contribution in [2.75, 3.05) is 13.7 Å². The highest BCUT2D eigenvalue weighted by atomic mass is 16.5. The molecule has 0 aliphatic heterocycles. The van der Waals surface area contributed by atoms with Crippen LogP contribution in [0.2, 0.25) is 0 Å². The largest absolute Gasteiger partial charge is 0.494 e. The highest BCUT2D eigenvalue weighted by molar-refractivity contribution is 5.60. The van der Waals surface area contributed by atoms with E-state index in [1.807, 2.05) is 6.92 Å². The molecule has 1 N–H and O–H groups in total. The van der Waals surface area contributed by atoms with Crippen molar-refractivity contribution >= 4 is 0 Å². The Hall–Kier alpha value is -1.95. The molecule has 0 aromatic carbocycles. The maximum absolute atomic E-state index is 5.52. The number of methoxy groups -OCH3 is 1. The lowest BCUT2D eigenvalue weighted by molar-refractivity contribution is 0.411. The average molecular weight is 234 g/mol. The van der Waals surface area contributed by atoms with Gasteiger partial charge in [0.05, 0.1) is 25.4 Å². The number of nitrogens with one attached hydrogen (secondary N) is 1. The molecule has 2 aromatic rings. The summed E-state index contributed by atoms with van der Waals surface area (Å²) in [5.74, 6) is 1.61. The van der Waals surface area contributed by atoms with E-state index in [2.05, 4.69) is 20.5 Å². The van der Waals surface area contributed by atoms with Gasteiger partial charge in [-0.05, 0) is 12.6 Å². The van der Waals surface area contributed by atoms with Crippen LogP contribution in [0, 0.1) is 0 Å². The van der Waals surface area contributed by atoms with Crippen LogP contribution in [-0.2, 0) is 6.54 Å². The van der Waals surface area contributed by atoms with Gasteiger partial charge in [0.1, 0.15) is 5.75 Å². The fourth-order valence-corrected chi connectivity index (χ4v) is 1.39. The minimum atomic E-state index is 0.442. The first-order valence-electron chi connectivity index (χ1n) is 5.36. The Balaban J connectivity index is 2.24. The molecule has 17 heavy (non-hydrogen) atoms. The minimum Gasteiger partial charge on any atom is -0.494 e. The van der Waals surface area contributed by atoms with Crippen molar-refractivity contribution in [3.8, 4) is 17.2 Å². The van der Waals surface area contributed by atoms with Crippen LogP contribution in [0.3, 0.4) is 0 Å². The van der Waals surface area contributed by atoms with Gasteiger partial charge < -0.3 is 14.5 Å². The van der Waals surface area contributed by atoms with E-state index < -0.39 is 0 Å². The molecule has 0 fully saturated rings. The van der Waals surface area contributed by atoms with E-state index in [0.717, 1.165) is 12.1 Å². The molecule has 0 aliphatic carbocycles. The first-order valence-corrected chi connectivity index (χ1v) is 5.36. The fraction of sp³-hybridized carbons (Fsp3) is 0.364. The lowest BCUT2D eigenvalue weighted by Gasteiger charge is -2.02. The number of ether oxygens (including phenoxy) is 1. The van der Waals surface area contributed by atoms with E-state index in [0.29, 0.717) is 24.1 Å². The molecule has 90 valence electrons. The molecule has 0 saturated carbocycles. The number of hydrogen-bond donors (Lipinski definition) is 1. The van der Waals surface area contributed by atoms with Crippen LogP contribution in [0.4, 0.5) is 0 Å². The molecule has 6 heteroatoms. The maximum Gasteiger partial charge on any atom is 0.251 e. The minimum absolute atomic E-state index is 0.442. The summed E-state index contributed by atoms with van der Waals surface area (Å²) in [4.78, 5) is 3.97. The Labute approximate surface area is 99.0 Å². The molecular formula is C11H14N4O2. The maximum atomic E-state index is 5.52. The van der Waals surface area contributed by atoms with Crippen LogP contribution in [0.25, 0.3) is 11.5 Å². The van der Waals surface area contributed by atoms with Crippen molar-refractivity contribution in [1.82, 2.24) is 20.5 Å². The zero-order chi connectivity index (χ0) is 12.1. The molecule has 2 rings (SSSR count). The van der Waals surface area contributed by atoms with Crippen molar-refractivity contribution < 1.29 is 9.15 Å². The molecule has 0 bridgehead atoms. The molecular weight excluding hydrogens is 220 g/mol. The van der Waals surface area contributed by atoms with Crippen LogP contribution in [0.15, 0.2) is 22.9 Å². The highest BCUT2D eigenvalue weighted by Gasteiger charge is 2.12. The van der Waals surface area contributed by atoms with Gasteiger partial charge in [0.2, 0.25) is 5.89 Å². The Bertz CT molecular complexity index is 484. The molecule has 2 aromatic heterocycles. The average Bonchev–Trinajstić information content (AvgIpc) is 2.85. The summed E-state index contributed by atoms with van der Waals surface area (Å²) in [7, 11) is 1.58. The topological polar surface area (TPSA) is 73.1 Å². The molecule has 0 unspecified atom stereocenters. The Morgan fingerprint density at radius 2 is 2.29 bits per heavy atom. The van der Waals surface area contributed by atoms with Gasteiger partial charge in [-0.2, -0.15) is 0 Å². The number of nitrogens with zero attached hydrogens (tertiary/aromatic N) is 3. The van der Waals surface area contributed by atoms with Crippen molar-refractivity contribution in [3.05, 3.63) is 24.4 Å². The molecule has 2 heterocycles. The van der Waals surface area contributed by atoms with Gasteiger partial charge in [0, 0.05) is 6.20 Å². The second kappa shape index (κ2) is 5.40. The van der Waals surface area contributed by atoms with E-state index in [-0.39, 0.29) is 0 Å². The second-order valence-electron chi connectivity index (χ2n) is 3.36. The SMILES string of the molecule is CCNCc1nnc(-c2ccncc2OC)o1. The smallest absolute Gasteiger partial charge is 0.251 e. The summed E-state index contributed by atoms with van der Waals surface area (Å²) in [6.45, 7) is 3.44. The third kappa shape index (κ3) is 2.59. The van der Waals surface area contributed by atoms with Crippen molar-refractivity contribution in [1.29, 1.82) is 0 Å². The third-order valence-electron chi connectivity index (χ3n) is 2.23. The molecule has 0 amide bonds. The number of rotatable bonds is 5. The van der Waals surface area contributed by atoms with Gasteiger partial charge in [0.15, 0.2) is 0 Å². The summed E-state index contributed by atoms with van der Waals surface area (Å²) >= 11 is 0. The molecule has 0 spiro atoms. The standard InChI is InChI=1S/C11H14N4O2/c1-3-12-7-10-14-15-11(17-10)8-4-5-13-6-9(8)16-2/h4-6,12H,3,7H2,1-2H3. The molecule has 0 atom stereocenters. The summed E-state index contributed by atoms with van der Waals surface area (Å²) in [5.41, 5.74) is 0.748. The summed E-state index contributed by atoms with van der Waals surface area (Å²) < 4.78 is 10.7. The Kier molecular flexibility index (Phi) is 3.66. The molecule has 0 saturated heterocycles. The molecule has 0 radical (unpaired) electrons. The summed E-state index contributed by atoms with van der Waals surface area (Å²) in [6.07, 6.45) is 3.27. The Morgan fingerprint density at radius 1 is 1.41 bits per heavy atom. The van der Waals surface area contributed by atoms with Crippen molar-refractivity contribution in [2.45, 2.75) is 13.5 Å². The van der Waals surface area contributed by atoms with Gasteiger partial charge in [-0.15, -0.1) is 10.2 Å². The zero-order valence-corrected chi connectivity index (χ0v) is 9.80. The van der Waals surface area contributed by atoms with Crippen LogP contribution < -0.4 is 10.1 Å². The van der Waals surface area contributed by atoms with E-state index in [1.165, 1.54) is 0 Å².